The number of aliphatic hydroxyl groups is 1. The zero-order valence-corrected chi connectivity index (χ0v) is 12.0. The quantitative estimate of drug-likeness (QED) is 0.894. The molecule has 2 N–H and O–H groups in total. The van der Waals surface area contributed by atoms with Gasteiger partial charge in [0.05, 0.1) is 6.10 Å². The second kappa shape index (κ2) is 6.19. The maximum Gasteiger partial charge on any atom is 0.0555 e. The summed E-state index contributed by atoms with van der Waals surface area (Å²) in [6.45, 7) is 0.815. The van der Waals surface area contributed by atoms with E-state index in [4.69, 9.17) is 11.6 Å². The maximum absolute atomic E-state index is 9.60. The Labute approximate surface area is 115 Å². The SMILES string of the molecule is OC1CCCC(NCc2ccc(Cl)cc2Br)C1. The minimum absolute atomic E-state index is 0.130. The average Bonchev–Trinajstić information content (AvgIpc) is 2.28. The van der Waals surface area contributed by atoms with Crippen LogP contribution < -0.4 is 5.32 Å². The van der Waals surface area contributed by atoms with E-state index in [2.05, 4.69) is 21.2 Å². The minimum Gasteiger partial charge on any atom is -0.393 e. The number of nitrogens with one attached hydrogen (secondary N) is 1. The first-order chi connectivity index (χ1) is 8.15. The number of hydrogen-bond acceptors (Lipinski definition) is 2. The van der Waals surface area contributed by atoms with Crippen molar-refractivity contribution in [3.63, 3.8) is 0 Å². The zero-order valence-electron chi connectivity index (χ0n) is 9.63. The molecule has 4 heteroatoms. The van der Waals surface area contributed by atoms with Gasteiger partial charge in [0, 0.05) is 22.1 Å². The van der Waals surface area contributed by atoms with Crippen LogP contribution in [0.25, 0.3) is 0 Å². The monoisotopic (exact) mass is 317 g/mol. The second-order valence-corrected chi connectivity index (χ2v) is 5.92. The first-order valence-corrected chi connectivity index (χ1v) is 7.17. The predicted molar refractivity (Wildman–Crippen MR) is 74.3 cm³/mol. The fourth-order valence-electron chi connectivity index (χ4n) is 2.27. The van der Waals surface area contributed by atoms with Crippen molar-refractivity contribution >= 4 is 27.5 Å². The van der Waals surface area contributed by atoms with Crippen LogP contribution in [0, 0.1) is 0 Å². The molecule has 2 nitrogen and oxygen atoms in total. The highest BCUT2D eigenvalue weighted by Gasteiger charge is 2.19. The van der Waals surface area contributed by atoms with Gasteiger partial charge in [-0.05, 0) is 43.4 Å². The van der Waals surface area contributed by atoms with E-state index >= 15 is 0 Å². The van der Waals surface area contributed by atoms with Crippen LogP contribution in [0.15, 0.2) is 22.7 Å². The Hall–Kier alpha value is -0.0900. The summed E-state index contributed by atoms with van der Waals surface area (Å²) in [4.78, 5) is 0. The van der Waals surface area contributed by atoms with Crippen LogP contribution in [0.3, 0.4) is 0 Å². The summed E-state index contributed by atoms with van der Waals surface area (Å²) in [7, 11) is 0. The van der Waals surface area contributed by atoms with Crippen molar-refractivity contribution < 1.29 is 5.11 Å². The molecule has 1 fully saturated rings. The number of halogens is 2. The van der Waals surface area contributed by atoms with E-state index in [0.717, 1.165) is 41.7 Å². The molecule has 0 saturated heterocycles. The van der Waals surface area contributed by atoms with Gasteiger partial charge in [0.15, 0.2) is 0 Å². The van der Waals surface area contributed by atoms with Crippen LogP contribution in [-0.2, 0) is 6.54 Å². The third kappa shape index (κ3) is 3.95. The topological polar surface area (TPSA) is 32.3 Å². The lowest BCUT2D eigenvalue weighted by molar-refractivity contribution is 0.111. The normalized spacial score (nSPS) is 24.9. The molecule has 2 atom stereocenters. The summed E-state index contributed by atoms with van der Waals surface area (Å²) in [6, 6.07) is 6.27. The van der Waals surface area contributed by atoms with E-state index in [1.165, 1.54) is 5.56 Å². The molecule has 0 heterocycles. The Balaban J connectivity index is 1.88. The van der Waals surface area contributed by atoms with Gasteiger partial charge < -0.3 is 10.4 Å². The van der Waals surface area contributed by atoms with Crippen molar-refractivity contribution in [2.24, 2.45) is 0 Å². The van der Waals surface area contributed by atoms with Gasteiger partial charge in [-0.15, -0.1) is 0 Å². The fourth-order valence-corrected chi connectivity index (χ4v) is 3.09. The molecule has 0 amide bonds. The van der Waals surface area contributed by atoms with Crippen LogP contribution in [-0.4, -0.2) is 17.3 Å². The van der Waals surface area contributed by atoms with Crippen molar-refractivity contribution in [3.05, 3.63) is 33.3 Å². The molecule has 2 unspecified atom stereocenters. The molecule has 1 aromatic carbocycles. The van der Waals surface area contributed by atoms with Crippen LogP contribution in [0.1, 0.15) is 31.2 Å². The van der Waals surface area contributed by atoms with E-state index in [9.17, 15) is 5.11 Å². The van der Waals surface area contributed by atoms with Gasteiger partial charge in [-0.1, -0.05) is 33.6 Å². The largest absolute Gasteiger partial charge is 0.393 e. The lowest BCUT2D eigenvalue weighted by Crippen LogP contribution is -2.35. The highest BCUT2D eigenvalue weighted by atomic mass is 79.9. The third-order valence-corrected chi connectivity index (χ3v) is 4.22. The Kier molecular flexibility index (Phi) is 4.86. The number of rotatable bonds is 3. The lowest BCUT2D eigenvalue weighted by Gasteiger charge is -2.27. The molecule has 1 saturated carbocycles. The van der Waals surface area contributed by atoms with Crippen LogP contribution in [0.2, 0.25) is 5.02 Å². The van der Waals surface area contributed by atoms with E-state index in [1.807, 2.05) is 18.2 Å². The Bertz CT molecular complexity index is 386. The molecule has 1 aliphatic carbocycles. The highest BCUT2D eigenvalue weighted by Crippen LogP contribution is 2.23. The smallest absolute Gasteiger partial charge is 0.0555 e. The molecule has 0 radical (unpaired) electrons. The first kappa shape index (κ1) is 13.3. The van der Waals surface area contributed by atoms with Gasteiger partial charge in [-0.2, -0.15) is 0 Å². The number of hydrogen-bond donors (Lipinski definition) is 2. The molecule has 0 aromatic heterocycles. The van der Waals surface area contributed by atoms with Gasteiger partial charge >= 0.3 is 0 Å². The molecule has 1 aromatic rings. The molecular weight excluding hydrogens is 302 g/mol. The first-order valence-electron chi connectivity index (χ1n) is 6.00. The van der Waals surface area contributed by atoms with E-state index in [0.29, 0.717) is 6.04 Å². The van der Waals surface area contributed by atoms with Gasteiger partial charge in [-0.25, -0.2) is 0 Å². The van der Waals surface area contributed by atoms with Crippen molar-refractivity contribution in [1.82, 2.24) is 5.32 Å². The molecule has 2 rings (SSSR count). The zero-order chi connectivity index (χ0) is 12.3. The van der Waals surface area contributed by atoms with Crippen molar-refractivity contribution in [2.75, 3.05) is 0 Å². The van der Waals surface area contributed by atoms with Crippen LogP contribution >= 0.6 is 27.5 Å². The Morgan fingerprint density at radius 3 is 2.94 bits per heavy atom. The lowest BCUT2D eigenvalue weighted by atomic mass is 9.93. The summed E-state index contributed by atoms with van der Waals surface area (Å²) in [5.41, 5.74) is 1.20. The Morgan fingerprint density at radius 1 is 1.41 bits per heavy atom. The minimum atomic E-state index is -0.130. The summed E-state index contributed by atoms with van der Waals surface area (Å²) < 4.78 is 1.04. The van der Waals surface area contributed by atoms with Gasteiger partial charge in [0.25, 0.3) is 0 Å². The second-order valence-electron chi connectivity index (χ2n) is 4.63. The summed E-state index contributed by atoms with van der Waals surface area (Å²) in [6.07, 6.45) is 3.95. The summed E-state index contributed by atoms with van der Waals surface area (Å²) in [5, 5.41) is 13.8. The van der Waals surface area contributed by atoms with Crippen molar-refractivity contribution in [2.45, 2.75) is 44.4 Å². The molecule has 1 aliphatic rings. The fraction of sp³-hybridized carbons (Fsp3) is 0.538. The van der Waals surface area contributed by atoms with E-state index in [-0.39, 0.29) is 6.10 Å². The number of aliphatic hydroxyl groups excluding tert-OH is 1. The van der Waals surface area contributed by atoms with Crippen LogP contribution in [0.4, 0.5) is 0 Å². The summed E-state index contributed by atoms with van der Waals surface area (Å²) >= 11 is 9.41. The van der Waals surface area contributed by atoms with E-state index < -0.39 is 0 Å². The highest BCUT2D eigenvalue weighted by molar-refractivity contribution is 9.10. The van der Waals surface area contributed by atoms with Crippen molar-refractivity contribution in [1.29, 1.82) is 0 Å². The molecule has 17 heavy (non-hydrogen) atoms. The third-order valence-electron chi connectivity index (χ3n) is 3.24. The Morgan fingerprint density at radius 2 is 2.24 bits per heavy atom. The van der Waals surface area contributed by atoms with Gasteiger partial charge in [-0.3, -0.25) is 0 Å². The molecule has 0 aliphatic heterocycles. The van der Waals surface area contributed by atoms with Gasteiger partial charge in [0.2, 0.25) is 0 Å². The van der Waals surface area contributed by atoms with Gasteiger partial charge in [0.1, 0.15) is 0 Å². The van der Waals surface area contributed by atoms with Crippen LogP contribution in [0.5, 0.6) is 0 Å². The predicted octanol–water partition coefficient (Wildman–Crippen LogP) is 3.50. The standard InChI is InChI=1S/C13H17BrClNO/c14-13-6-10(15)5-4-9(13)8-16-11-2-1-3-12(17)7-11/h4-6,11-12,16-17H,1-3,7-8H2. The van der Waals surface area contributed by atoms with Crippen molar-refractivity contribution in [3.8, 4) is 0 Å². The maximum atomic E-state index is 9.60. The van der Waals surface area contributed by atoms with E-state index in [1.54, 1.807) is 0 Å². The summed E-state index contributed by atoms with van der Waals surface area (Å²) in [5.74, 6) is 0. The molecule has 0 spiro atoms. The molecule has 94 valence electrons. The average molecular weight is 319 g/mol. The number of benzene rings is 1. The molecular formula is C13H17BrClNO. The molecule has 0 bridgehead atoms.